The number of hydrogen-bond donors (Lipinski definition) is 2. The maximum Gasteiger partial charge on any atom is 0.257 e. The second-order valence-corrected chi connectivity index (χ2v) is 6.64. The number of carbonyl (C=O) groups is 2. The van der Waals surface area contributed by atoms with Gasteiger partial charge in [0.2, 0.25) is 0 Å². The summed E-state index contributed by atoms with van der Waals surface area (Å²) in [5.74, 6) is 0.216. The Morgan fingerprint density at radius 2 is 2.04 bits per heavy atom. The van der Waals surface area contributed by atoms with Crippen LogP contribution in [0.5, 0.6) is 0 Å². The van der Waals surface area contributed by atoms with Gasteiger partial charge >= 0.3 is 0 Å². The third-order valence-electron chi connectivity index (χ3n) is 4.40. The van der Waals surface area contributed by atoms with Crippen LogP contribution in [0.4, 0.5) is 0 Å². The molecule has 0 spiro atoms. The molecule has 0 radical (unpaired) electrons. The van der Waals surface area contributed by atoms with Gasteiger partial charge in [0, 0.05) is 24.3 Å². The van der Waals surface area contributed by atoms with Gasteiger partial charge in [-0.05, 0) is 49.3 Å². The van der Waals surface area contributed by atoms with Gasteiger partial charge in [-0.1, -0.05) is 23.7 Å². The van der Waals surface area contributed by atoms with Crippen LogP contribution in [0.15, 0.2) is 29.5 Å². The van der Waals surface area contributed by atoms with Gasteiger partial charge in [0.25, 0.3) is 5.91 Å². The number of nitrogens with one attached hydrogen (secondary N) is 2. The Hall–Kier alpha value is -1.94. The number of benzene rings is 1. The van der Waals surface area contributed by atoms with E-state index < -0.39 is 0 Å². The minimum atomic E-state index is -0.277. The molecule has 0 saturated heterocycles. The van der Waals surface area contributed by atoms with Crippen molar-refractivity contribution in [1.82, 2.24) is 5.32 Å². The molecule has 2 N–H and O–H groups in total. The van der Waals surface area contributed by atoms with E-state index in [1.54, 1.807) is 13.0 Å². The summed E-state index contributed by atoms with van der Waals surface area (Å²) >= 11 is 6.26. The summed E-state index contributed by atoms with van der Waals surface area (Å²) in [4.78, 5) is 24.5. The molecular formula is C18H19ClN2O2. The van der Waals surface area contributed by atoms with Crippen molar-refractivity contribution in [3.8, 4) is 0 Å². The van der Waals surface area contributed by atoms with Crippen molar-refractivity contribution in [3.05, 3.63) is 45.6 Å². The molecular weight excluding hydrogens is 312 g/mol. The third-order valence-corrected chi connectivity index (χ3v) is 4.71. The Labute approximate surface area is 140 Å². The lowest BCUT2D eigenvalue weighted by atomic mass is 9.92. The molecule has 120 valence electrons. The largest absolute Gasteiger partial charge is 0.325 e. The standard InChI is InChI=1S/C18H19ClN2O2/c1-10(20)13-8-7-12(22)9-16(13)21-18(23)17-14(11-5-6-11)3-2-4-15(17)19/h2-4,11,20H,5-9H2,1H3,(H,21,23). The monoisotopic (exact) mass is 330 g/mol. The number of carbonyl (C=O) groups excluding carboxylic acids is 2. The Balaban J connectivity index is 1.92. The highest BCUT2D eigenvalue weighted by atomic mass is 35.5. The van der Waals surface area contributed by atoms with Crippen LogP contribution in [0.3, 0.4) is 0 Å². The minimum Gasteiger partial charge on any atom is -0.325 e. The predicted octanol–water partition coefficient (Wildman–Crippen LogP) is 3.99. The van der Waals surface area contributed by atoms with Gasteiger partial charge in [0.05, 0.1) is 10.6 Å². The molecule has 23 heavy (non-hydrogen) atoms. The molecule has 0 bridgehead atoms. The van der Waals surface area contributed by atoms with Crippen molar-refractivity contribution in [3.63, 3.8) is 0 Å². The van der Waals surface area contributed by atoms with E-state index >= 15 is 0 Å². The summed E-state index contributed by atoms with van der Waals surface area (Å²) in [5, 5.41) is 11.1. The molecule has 1 amide bonds. The first-order valence-electron chi connectivity index (χ1n) is 7.86. The van der Waals surface area contributed by atoms with Crippen LogP contribution in [0.2, 0.25) is 5.02 Å². The molecule has 4 nitrogen and oxygen atoms in total. The zero-order valence-electron chi connectivity index (χ0n) is 13.0. The van der Waals surface area contributed by atoms with Crippen LogP contribution in [0.25, 0.3) is 0 Å². The molecule has 1 fully saturated rings. The number of rotatable bonds is 4. The highest BCUT2D eigenvalue weighted by Gasteiger charge is 2.30. The average molecular weight is 331 g/mol. The lowest BCUT2D eigenvalue weighted by Crippen LogP contribution is -2.30. The van der Waals surface area contributed by atoms with Crippen LogP contribution in [0.1, 0.15) is 60.9 Å². The number of hydrogen-bond acceptors (Lipinski definition) is 3. The van der Waals surface area contributed by atoms with E-state index in [1.165, 1.54) is 0 Å². The Morgan fingerprint density at radius 1 is 1.30 bits per heavy atom. The quantitative estimate of drug-likeness (QED) is 0.819. The normalized spacial score (nSPS) is 18.1. The fourth-order valence-electron chi connectivity index (χ4n) is 3.06. The second-order valence-electron chi connectivity index (χ2n) is 6.23. The van der Waals surface area contributed by atoms with Gasteiger partial charge in [-0.15, -0.1) is 0 Å². The van der Waals surface area contributed by atoms with Crippen molar-refractivity contribution in [2.24, 2.45) is 0 Å². The Bertz CT molecular complexity index is 733. The lowest BCUT2D eigenvalue weighted by Gasteiger charge is -2.21. The molecule has 0 aromatic heterocycles. The van der Waals surface area contributed by atoms with Crippen molar-refractivity contribution in [1.29, 1.82) is 5.41 Å². The number of amides is 1. The zero-order chi connectivity index (χ0) is 16.6. The van der Waals surface area contributed by atoms with E-state index in [0.717, 1.165) is 24.0 Å². The van der Waals surface area contributed by atoms with Crippen LogP contribution in [0, 0.1) is 5.41 Å². The fourth-order valence-corrected chi connectivity index (χ4v) is 3.32. The Morgan fingerprint density at radius 3 is 2.70 bits per heavy atom. The van der Waals surface area contributed by atoms with E-state index in [1.807, 2.05) is 12.1 Å². The molecule has 1 aromatic rings. The van der Waals surface area contributed by atoms with Gasteiger partial charge in [0.15, 0.2) is 0 Å². The molecule has 2 aliphatic rings. The van der Waals surface area contributed by atoms with E-state index in [9.17, 15) is 9.59 Å². The number of Topliss-reactive ketones (excluding diaryl/α,β-unsaturated/α-hetero) is 1. The highest BCUT2D eigenvalue weighted by molar-refractivity contribution is 6.34. The maximum atomic E-state index is 12.8. The highest BCUT2D eigenvalue weighted by Crippen LogP contribution is 2.43. The zero-order valence-corrected chi connectivity index (χ0v) is 13.8. The van der Waals surface area contributed by atoms with Crippen molar-refractivity contribution < 1.29 is 9.59 Å². The molecule has 0 heterocycles. The van der Waals surface area contributed by atoms with Gasteiger partial charge in [0.1, 0.15) is 5.78 Å². The number of halogens is 1. The average Bonchev–Trinajstić information content (AvgIpc) is 3.31. The van der Waals surface area contributed by atoms with Gasteiger partial charge in [-0.25, -0.2) is 0 Å². The molecule has 2 aliphatic carbocycles. The fraction of sp³-hybridized carbons (Fsp3) is 0.389. The van der Waals surface area contributed by atoms with Crippen LogP contribution in [-0.4, -0.2) is 17.4 Å². The van der Waals surface area contributed by atoms with Gasteiger partial charge in [-0.2, -0.15) is 0 Å². The number of ketones is 1. The summed E-state index contributed by atoms with van der Waals surface area (Å²) in [6.45, 7) is 1.68. The van der Waals surface area contributed by atoms with Crippen LogP contribution >= 0.6 is 11.6 Å². The molecule has 0 aliphatic heterocycles. The van der Waals surface area contributed by atoms with Gasteiger partial charge < -0.3 is 10.7 Å². The minimum absolute atomic E-state index is 0.0897. The Kier molecular flexibility index (Phi) is 4.35. The topological polar surface area (TPSA) is 70.0 Å². The summed E-state index contributed by atoms with van der Waals surface area (Å²) in [5.41, 5.74) is 3.20. The summed E-state index contributed by atoms with van der Waals surface area (Å²) in [6, 6.07) is 5.52. The van der Waals surface area contributed by atoms with E-state index in [0.29, 0.717) is 40.8 Å². The first kappa shape index (κ1) is 15.9. The van der Waals surface area contributed by atoms with Crippen LogP contribution < -0.4 is 5.32 Å². The molecule has 5 heteroatoms. The molecule has 3 rings (SSSR count). The van der Waals surface area contributed by atoms with E-state index in [2.05, 4.69) is 5.32 Å². The third kappa shape index (κ3) is 3.37. The van der Waals surface area contributed by atoms with E-state index in [4.69, 9.17) is 17.0 Å². The van der Waals surface area contributed by atoms with Crippen LogP contribution in [-0.2, 0) is 4.79 Å². The first-order chi connectivity index (χ1) is 11.0. The SMILES string of the molecule is CC(=N)C1=C(NC(=O)c2c(Cl)cccc2C2CC2)CC(=O)CC1. The second kappa shape index (κ2) is 6.28. The smallest absolute Gasteiger partial charge is 0.257 e. The van der Waals surface area contributed by atoms with Gasteiger partial charge in [-0.3, -0.25) is 9.59 Å². The molecule has 0 atom stereocenters. The molecule has 0 unspecified atom stereocenters. The summed E-state index contributed by atoms with van der Waals surface area (Å²) in [7, 11) is 0. The van der Waals surface area contributed by atoms with Crippen molar-refractivity contribution in [2.75, 3.05) is 0 Å². The van der Waals surface area contributed by atoms with Crippen molar-refractivity contribution in [2.45, 2.75) is 44.9 Å². The first-order valence-corrected chi connectivity index (χ1v) is 8.24. The predicted molar refractivity (Wildman–Crippen MR) is 90.2 cm³/mol. The number of allylic oxidation sites excluding steroid dienone is 2. The summed E-state index contributed by atoms with van der Waals surface area (Å²) < 4.78 is 0. The maximum absolute atomic E-state index is 12.8. The molecule has 1 saturated carbocycles. The van der Waals surface area contributed by atoms with E-state index in [-0.39, 0.29) is 18.1 Å². The van der Waals surface area contributed by atoms with Crippen molar-refractivity contribution >= 4 is 29.0 Å². The lowest BCUT2D eigenvalue weighted by molar-refractivity contribution is -0.118. The summed E-state index contributed by atoms with van der Waals surface area (Å²) in [6.07, 6.45) is 3.28. The molecule has 1 aromatic carbocycles.